The third kappa shape index (κ3) is 6.92. The van der Waals surface area contributed by atoms with Gasteiger partial charge >= 0.3 is 6.36 Å². The van der Waals surface area contributed by atoms with E-state index in [1.165, 1.54) is 6.07 Å². The number of allylic oxidation sites excluding steroid dienone is 1. The molecule has 3 aromatic rings. The monoisotopic (exact) mass is 586 g/mol. The van der Waals surface area contributed by atoms with Gasteiger partial charge < -0.3 is 15.2 Å². The number of carbonyl (C=O) groups is 1. The number of nitrogens with two attached hydrogens (primary N) is 1. The number of halogens is 5. The van der Waals surface area contributed by atoms with Crippen LogP contribution in [0, 0.1) is 5.82 Å². The summed E-state index contributed by atoms with van der Waals surface area (Å²) in [6.45, 7) is 1.92. The molecule has 1 heterocycles. The molecule has 5 rings (SSSR count). The molecule has 0 spiro atoms. The number of benzene rings is 3. The van der Waals surface area contributed by atoms with Crippen molar-refractivity contribution in [1.29, 1.82) is 0 Å². The maximum absolute atomic E-state index is 15.4. The van der Waals surface area contributed by atoms with Crippen molar-refractivity contribution in [3.05, 3.63) is 94.3 Å². The minimum Gasteiger partial charge on any atom is -0.489 e. The number of aryl methyl sites for hydroxylation is 1. The summed E-state index contributed by atoms with van der Waals surface area (Å²) in [5.41, 5.74) is 9.81. The van der Waals surface area contributed by atoms with Crippen molar-refractivity contribution in [2.45, 2.75) is 44.6 Å². The van der Waals surface area contributed by atoms with Crippen LogP contribution in [0.1, 0.15) is 58.3 Å². The van der Waals surface area contributed by atoms with Gasteiger partial charge in [0.05, 0.1) is 6.67 Å². The molecule has 1 atom stereocenters. The average Bonchev–Trinajstić information content (AvgIpc) is 3.30. The molecule has 0 unspecified atom stereocenters. The Kier molecular flexibility index (Phi) is 8.82. The standard InChI is InChI=1S/C32H31F5N2O3/c33-14-2-15-39-16-13-25(19-39)41-23-8-5-20(6-9-23)30-26-11-7-22(31(38)40)17-21(26)3-1-4-28(30)27-12-10-24(18-29(27)34)42-32(35,36)37/h5-12,17-18,25H,1-4,13-16,19H2,(H2,38,40)/t25-/m0/s1. The Bertz CT molecular complexity index is 1470. The molecule has 1 saturated heterocycles. The minimum atomic E-state index is -4.94. The fourth-order valence-electron chi connectivity index (χ4n) is 5.75. The summed E-state index contributed by atoms with van der Waals surface area (Å²) in [7, 11) is 0. The van der Waals surface area contributed by atoms with Crippen LogP contribution < -0.4 is 15.2 Å². The quantitative estimate of drug-likeness (QED) is 0.276. The van der Waals surface area contributed by atoms with Crippen molar-refractivity contribution < 1.29 is 36.2 Å². The predicted octanol–water partition coefficient (Wildman–Crippen LogP) is 6.93. The van der Waals surface area contributed by atoms with E-state index in [1.54, 1.807) is 18.2 Å². The van der Waals surface area contributed by atoms with Crippen molar-refractivity contribution in [1.82, 2.24) is 4.90 Å². The molecule has 2 N–H and O–H groups in total. The summed E-state index contributed by atoms with van der Waals surface area (Å²) < 4.78 is 76.2. The van der Waals surface area contributed by atoms with E-state index < -0.39 is 23.8 Å². The highest BCUT2D eigenvalue weighted by Crippen LogP contribution is 2.42. The highest BCUT2D eigenvalue weighted by atomic mass is 19.4. The SMILES string of the molecule is NC(=O)c1ccc2c(c1)CCCC(c1ccc(OC(F)(F)F)cc1F)=C2c1ccc(O[C@H]2CCN(CCCF)C2)cc1. The third-order valence-corrected chi connectivity index (χ3v) is 7.62. The zero-order chi connectivity index (χ0) is 29.9. The molecule has 0 aromatic heterocycles. The molecule has 1 fully saturated rings. The predicted molar refractivity (Wildman–Crippen MR) is 149 cm³/mol. The van der Waals surface area contributed by atoms with Crippen LogP contribution in [0.15, 0.2) is 60.7 Å². The number of rotatable bonds is 9. The summed E-state index contributed by atoms with van der Waals surface area (Å²) in [6, 6.07) is 15.7. The van der Waals surface area contributed by atoms with Gasteiger partial charge in [-0.15, -0.1) is 13.2 Å². The second-order valence-electron chi connectivity index (χ2n) is 10.5. The van der Waals surface area contributed by atoms with Crippen LogP contribution in [0.25, 0.3) is 11.1 Å². The molecule has 5 nitrogen and oxygen atoms in total. The average molecular weight is 587 g/mol. The first kappa shape index (κ1) is 29.6. The first-order valence-corrected chi connectivity index (χ1v) is 13.9. The summed E-state index contributed by atoms with van der Waals surface area (Å²) in [6.07, 6.45) is -1.94. The van der Waals surface area contributed by atoms with Gasteiger partial charge in [0.25, 0.3) is 0 Å². The summed E-state index contributed by atoms with van der Waals surface area (Å²) in [5, 5.41) is 0. The van der Waals surface area contributed by atoms with Crippen molar-refractivity contribution in [3.8, 4) is 11.5 Å². The van der Waals surface area contributed by atoms with E-state index in [0.717, 1.165) is 48.3 Å². The number of likely N-dealkylation sites (tertiary alicyclic amines) is 1. The van der Waals surface area contributed by atoms with Crippen LogP contribution in [-0.2, 0) is 6.42 Å². The first-order valence-electron chi connectivity index (χ1n) is 13.9. The van der Waals surface area contributed by atoms with E-state index in [9.17, 15) is 22.4 Å². The third-order valence-electron chi connectivity index (χ3n) is 7.62. The Morgan fingerprint density at radius 1 is 0.976 bits per heavy atom. The lowest BCUT2D eigenvalue weighted by atomic mass is 9.87. The smallest absolute Gasteiger partial charge is 0.489 e. The Hall–Kier alpha value is -3.92. The lowest BCUT2D eigenvalue weighted by molar-refractivity contribution is -0.274. The lowest BCUT2D eigenvalue weighted by Crippen LogP contribution is -2.26. The summed E-state index contributed by atoms with van der Waals surface area (Å²) >= 11 is 0. The number of hydrogen-bond donors (Lipinski definition) is 1. The number of alkyl halides is 4. The first-order chi connectivity index (χ1) is 20.1. The Morgan fingerprint density at radius 2 is 1.71 bits per heavy atom. The Morgan fingerprint density at radius 3 is 2.40 bits per heavy atom. The van der Waals surface area contributed by atoms with E-state index in [-0.39, 0.29) is 18.3 Å². The van der Waals surface area contributed by atoms with Crippen LogP contribution in [-0.4, -0.2) is 49.6 Å². The van der Waals surface area contributed by atoms with Gasteiger partial charge in [0.15, 0.2) is 0 Å². The van der Waals surface area contributed by atoms with E-state index >= 15 is 4.39 Å². The molecule has 0 bridgehead atoms. The number of carbonyl (C=O) groups excluding carboxylic acids is 1. The van der Waals surface area contributed by atoms with Crippen molar-refractivity contribution in [3.63, 3.8) is 0 Å². The number of amides is 1. The topological polar surface area (TPSA) is 64.8 Å². The lowest BCUT2D eigenvalue weighted by Gasteiger charge is -2.19. The molecule has 1 aliphatic carbocycles. The van der Waals surface area contributed by atoms with Crippen LogP contribution in [0.4, 0.5) is 22.0 Å². The van der Waals surface area contributed by atoms with Gasteiger partial charge in [-0.1, -0.05) is 18.2 Å². The maximum Gasteiger partial charge on any atom is 0.573 e. The van der Waals surface area contributed by atoms with Crippen LogP contribution in [0.2, 0.25) is 0 Å². The van der Waals surface area contributed by atoms with Crippen LogP contribution in [0.5, 0.6) is 11.5 Å². The number of ether oxygens (including phenoxy) is 2. The molecular formula is C32H31F5N2O3. The molecule has 1 aliphatic heterocycles. The van der Waals surface area contributed by atoms with Crippen molar-refractivity contribution in [2.24, 2.45) is 5.73 Å². The second kappa shape index (κ2) is 12.5. The highest BCUT2D eigenvalue weighted by molar-refractivity contribution is 6.01. The van der Waals surface area contributed by atoms with Crippen LogP contribution >= 0.6 is 0 Å². The van der Waals surface area contributed by atoms with Gasteiger partial charge in [-0.3, -0.25) is 14.1 Å². The molecule has 3 aromatic carbocycles. The fraction of sp³-hybridized carbons (Fsp3) is 0.344. The van der Waals surface area contributed by atoms with Crippen molar-refractivity contribution in [2.75, 3.05) is 26.3 Å². The summed E-state index contributed by atoms with van der Waals surface area (Å²) in [5.74, 6) is -1.37. The van der Waals surface area contributed by atoms with E-state index in [0.29, 0.717) is 54.7 Å². The minimum absolute atomic E-state index is 0.0115. The molecule has 1 amide bonds. The Labute approximate surface area is 240 Å². The number of primary amides is 1. The zero-order valence-corrected chi connectivity index (χ0v) is 22.9. The molecule has 0 radical (unpaired) electrons. The van der Waals surface area contributed by atoms with Gasteiger partial charge in [-0.2, -0.15) is 0 Å². The van der Waals surface area contributed by atoms with Gasteiger partial charge in [0.2, 0.25) is 5.91 Å². The number of nitrogens with zero attached hydrogens (tertiary/aromatic N) is 1. The molecule has 0 saturated carbocycles. The van der Waals surface area contributed by atoms with E-state index in [2.05, 4.69) is 9.64 Å². The zero-order valence-electron chi connectivity index (χ0n) is 22.9. The second-order valence-corrected chi connectivity index (χ2v) is 10.5. The highest BCUT2D eigenvalue weighted by Gasteiger charge is 2.32. The largest absolute Gasteiger partial charge is 0.573 e. The molecule has 10 heteroatoms. The van der Waals surface area contributed by atoms with Gasteiger partial charge in [-0.25, -0.2) is 4.39 Å². The summed E-state index contributed by atoms with van der Waals surface area (Å²) in [4.78, 5) is 14.1. The molecule has 2 aliphatic rings. The molecule has 42 heavy (non-hydrogen) atoms. The van der Waals surface area contributed by atoms with E-state index in [4.69, 9.17) is 10.5 Å². The fourth-order valence-corrected chi connectivity index (χ4v) is 5.75. The number of fused-ring (bicyclic) bond motifs is 1. The van der Waals surface area contributed by atoms with Gasteiger partial charge in [0.1, 0.15) is 23.4 Å². The molecular weight excluding hydrogens is 555 g/mol. The number of hydrogen-bond acceptors (Lipinski definition) is 4. The van der Waals surface area contributed by atoms with Gasteiger partial charge in [-0.05, 0) is 96.3 Å². The van der Waals surface area contributed by atoms with E-state index in [1.807, 2.05) is 24.3 Å². The van der Waals surface area contributed by atoms with Crippen molar-refractivity contribution >= 4 is 17.1 Å². The molecule has 222 valence electrons. The van der Waals surface area contributed by atoms with Gasteiger partial charge in [0, 0.05) is 36.8 Å². The van der Waals surface area contributed by atoms with Crippen LogP contribution in [0.3, 0.4) is 0 Å². The normalized spacial score (nSPS) is 17.6. The Balaban J connectivity index is 1.52. The maximum atomic E-state index is 15.4.